The molecule has 36 heavy (non-hydrogen) atoms. The molecule has 1 atom stereocenters. The van der Waals surface area contributed by atoms with Gasteiger partial charge in [-0.15, -0.1) is 11.6 Å². The van der Waals surface area contributed by atoms with Crippen LogP contribution < -0.4 is 108 Å². The van der Waals surface area contributed by atoms with Gasteiger partial charge in [-0.2, -0.15) is 0 Å². The van der Waals surface area contributed by atoms with Crippen molar-refractivity contribution < 1.29 is 143 Å². The van der Waals surface area contributed by atoms with Gasteiger partial charge in [0.1, 0.15) is 23.1 Å². The Bertz CT molecular complexity index is 876. The molecular weight excluding hydrogens is 542 g/mol. The average Bonchev–Trinajstić information content (AvgIpc) is 3.22. The minimum absolute atomic E-state index is 0. The molecule has 190 valence electrons. The van der Waals surface area contributed by atoms with E-state index in [9.17, 15) is 19.2 Å². The van der Waals surface area contributed by atoms with Crippen LogP contribution in [0.5, 0.6) is 0 Å². The fourth-order valence-corrected chi connectivity index (χ4v) is 4.74. The summed E-state index contributed by atoms with van der Waals surface area (Å²) in [6.07, 6.45) is 13.1. The normalized spacial score (nSPS) is 20.1. The van der Waals surface area contributed by atoms with Gasteiger partial charge in [0.05, 0.1) is 17.4 Å². The van der Waals surface area contributed by atoms with E-state index in [1.807, 2.05) is 0 Å². The van der Waals surface area contributed by atoms with Crippen molar-refractivity contribution in [2.45, 2.75) is 102 Å². The summed E-state index contributed by atoms with van der Waals surface area (Å²) < 4.78 is 5.78. The van der Waals surface area contributed by atoms with Crippen LogP contribution in [0, 0.1) is 0 Å². The Balaban J connectivity index is 0. The zero-order valence-corrected chi connectivity index (χ0v) is 28.4. The standard InChI is InChI=1S/C12H14O2.C6H9ClO.C6H8O2.CH2O3.2K.H/c13-9-5-3-7-11-12(9)8-4-1-2-6-10(8)14-11;7-5-3-1-2-4-6(5)8;7-5-2-1-3-6(8)4-5;2-1-4-3;;;/h1-7H2;5H,1-4H2;1-4H2;1,3H;;;/q;;;;2*+1;-1/p-1. The molecule has 1 heterocycles. The zero-order chi connectivity index (χ0) is 24.9. The third-order valence-electron chi connectivity index (χ3n) is 6.16. The molecule has 5 rings (SSSR count). The molecular formula is C25H33ClK2O8. The number of Topliss-reactive ketones (excluding diaryl/α,β-unsaturated/α-hetero) is 4. The summed E-state index contributed by atoms with van der Waals surface area (Å²) >= 11 is 5.62. The molecule has 2 saturated carbocycles. The second-order valence-corrected chi connectivity index (χ2v) is 9.29. The number of hydrogen-bond acceptors (Lipinski definition) is 8. The van der Waals surface area contributed by atoms with Crippen molar-refractivity contribution in [3.8, 4) is 0 Å². The zero-order valence-electron chi connectivity index (χ0n) is 22.4. The molecule has 0 saturated heterocycles. The topological polar surface area (TPSA) is 131 Å². The first-order valence-electron chi connectivity index (χ1n) is 12.0. The molecule has 11 heteroatoms. The molecule has 1 aromatic rings. The van der Waals surface area contributed by atoms with Crippen molar-refractivity contribution in [1.82, 2.24) is 0 Å². The predicted molar refractivity (Wildman–Crippen MR) is 122 cm³/mol. The molecule has 0 aromatic carbocycles. The smallest absolute Gasteiger partial charge is 1.00 e. The van der Waals surface area contributed by atoms with E-state index < -0.39 is 0 Å². The van der Waals surface area contributed by atoms with Crippen LogP contribution in [0.2, 0.25) is 0 Å². The van der Waals surface area contributed by atoms with Crippen LogP contribution in [0.3, 0.4) is 0 Å². The minimum Gasteiger partial charge on any atom is -1.00 e. The van der Waals surface area contributed by atoms with Crippen molar-refractivity contribution in [2.75, 3.05) is 0 Å². The number of fused-ring (bicyclic) bond motifs is 3. The molecule has 1 aromatic heterocycles. The van der Waals surface area contributed by atoms with Gasteiger partial charge in [0.15, 0.2) is 11.6 Å². The van der Waals surface area contributed by atoms with Gasteiger partial charge >= 0.3 is 103 Å². The third kappa shape index (κ3) is 12.9. The molecule has 0 amide bonds. The summed E-state index contributed by atoms with van der Waals surface area (Å²) in [5.41, 5.74) is 2.21. The Morgan fingerprint density at radius 3 is 1.86 bits per heavy atom. The summed E-state index contributed by atoms with van der Waals surface area (Å²) in [6.45, 7) is -0.181. The first-order chi connectivity index (χ1) is 16.4. The van der Waals surface area contributed by atoms with Gasteiger partial charge in [-0.1, -0.05) is 6.42 Å². The van der Waals surface area contributed by atoms with Gasteiger partial charge in [-0.25, -0.2) is 0 Å². The maximum atomic E-state index is 11.8. The Labute approximate surface area is 303 Å². The summed E-state index contributed by atoms with van der Waals surface area (Å²) in [7, 11) is 0. The molecule has 0 spiro atoms. The summed E-state index contributed by atoms with van der Waals surface area (Å²) in [5, 5.41) is 8.27. The van der Waals surface area contributed by atoms with E-state index in [0.717, 1.165) is 74.9 Å². The van der Waals surface area contributed by atoms with E-state index in [1.165, 1.54) is 18.4 Å². The predicted octanol–water partition coefficient (Wildman–Crippen LogP) is -2.33. The van der Waals surface area contributed by atoms with Gasteiger partial charge in [0.25, 0.3) is 6.47 Å². The minimum atomic E-state index is -0.181. The Morgan fingerprint density at radius 1 is 0.806 bits per heavy atom. The first-order valence-corrected chi connectivity index (χ1v) is 12.4. The van der Waals surface area contributed by atoms with Crippen LogP contribution in [0.25, 0.3) is 0 Å². The van der Waals surface area contributed by atoms with Crippen LogP contribution >= 0.6 is 11.6 Å². The third-order valence-corrected chi connectivity index (χ3v) is 6.62. The van der Waals surface area contributed by atoms with Crippen LogP contribution in [0.4, 0.5) is 0 Å². The number of hydrogen-bond donors (Lipinski definition) is 0. The summed E-state index contributed by atoms with van der Waals surface area (Å²) in [4.78, 5) is 54.6. The average molecular weight is 575 g/mol. The van der Waals surface area contributed by atoms with E-state index in [4.69, 9.17) is 26.1 Å². The van der Waals surface area contributed by atoms with Crippen molar-refractivity contribution >= 4 is 41.2 Å². The maximum Gasteiger partial charge on any atom is 1.00 e. The largest absolute Gasteiger partial charge is 1.00 e. The second kappa shape index (κ2) is 20.8. The van der Waals surface area contributed by atoms with E-state index >= 15 is 0 Å². The number of rotatable bonds is 1. The van der Waals surface area contributed by atoms with Crippen LogP contribution in [0.15, 0.2) is 4.42 Å². The van der Waals surface area contributed by atoms with Gasteiger partial charge in [0.2, 0.25) is 0 Å². The summed E-state index contributed by atoms with van der Waals surface area (Å²) in [5.74, 6) is 2.86. The number of alkyl halides is 1. The second-order valence-electron chi connectivity index (χ2n) is 8.77. The van der Waals surface area contributed by atoms with Crippen molar-refractivity contribution in [1.29, 1.82) is 0 Å². The van der Waals surface area contributed by atoms with E-state index in [0.29, 0.717) is 25.0 Å². The maximum absolute atomic E-state index is 11.8. The number of carbonyl (C=O) groups excluding carboxylic acids is 5. The van der Waals surface area contributed by atoms with E-state index in [2.05, 4.69) is 4.89 Å². The van der Waals surface area contributed by atoms with Crippen molar-refractivity contribution in [3.63, 3.8) is 0 Å². The monoisotopic (exact) mass is 574 g/mol. The molecule has 4 aliphatic carbocycles. The molecule has 4 aliphatic rings. The van der Waals surface area contributed by atoms with Crippen molar-refractivity contribution in [2.24, 2.45) is 0 Å². The van der Waals surface area contributed by atoms with Gasteiger partial charge in [0, 0.05) is 44.1 Å². The SMILES string of the molecule is O=C1CCCC(=O)C1.O=C1CCCCC1Cl.O=C1CCCc2oc3c(c21)CCCC3.O=CO[O-].[H-].[K+].[K+]. The molecule has 8 nitrogen and oxygen atoms in total. The molecule has 0 bridgehead atoms. The van der Waals surface area contributed by atoms with Crippen LogP contribution in [0.1, 0.15) is 106 Å². The van der Waals surface area contributed by atoms with E-state index in [1.54, 1.807) is 0 Å². The number of furan rings is 1. The van der Waals surface area contributed by atoms with Gasteiger partial charge in [-0.05, 0) is 44.9 Å². The molecule has 0 N–H and O–H groups in total. The van der Waals surface area contributed by atoms with Crippen LogP contribution in [-0.2, 0) is 43.3 Å². The first kappa shape index (κ1) is 37.0. The quantitative estimate of drug-likeness (QED) is 0.0911. The number of ketones is 4. The fraction of sp³-hybridized carbons (Fsp3) is 0.640. The van der Waals surface area contributed by atoms with Crippen molar-refractivity contribution in [3.05, 3.63) is 22.6 Å². The van der Waals surface area contributed by atoms with Crippen LogP contribution in [-0.4, -0.2) is 35.0 Å². The van der Waals surface area contributed by atoms with E-state index in [-0.39, 0.29) is 140 Å². The fourth-order valence-electron chi connectivity index (χ4n) is 4.48. The van der Waals surface area contributed by atoms with Gasteiger partial charge < -0.3 is 16.0 Å². The number of halogens is 1. The number of aryl methyl sites for hydroxylation is 2. The Kier molecular flexibility index (Phi) is 21.4. The Morgan fingerprint density at radius 2 is 1.36 bits per heavy atom. The van der Waals surface area contributed by atoms with Gasteiger partial charge in [-0.3, -0.25) is 24.0 Å². The molecule has 0 aliphatic heterocycles. The molecule has 1 unspecified atom stereocenters. The summed E-state index contributed by atoms with van der Waals surface area (Å²) in [6, 6.07) is 0. The Hall–Kier alpha value is 0.953. The number of carbonyl (C=O) groups is 5. The molecule has 2 fully saturated rings. The molecule has 0 radical (unpaired) electrons.